The summed E-state index contributed by atoms with van der Waals surface area (Å²) < 4.78 is 4.70. The number of thiophene rings is 1. The van der Waals surface area contributed by atoms with Crippen molar-refractivity contribution in [1.82, 2.24) is 10.3 Å². The Bertz CT molecular complexity index is 748. The molecule has 0 radical (unpaired) electrons. The number of carbonyl (C=O) groups excluding carboxylic acids is 1. The molecule has 1 aromatic carbocycles. The molecule has 0 saturated heterocycles. The summed E-state index contributed by atoms with van der Waals surface area (Å²) in [7, 11) is 0. The molecular weight excluding hydrogens is 286 g/mol. The molecule has 0 spiro atoms. The lowest BCUT2D eigenvalue weighted by Crippen LogP contribution is -2.08. The van der Waals surface area contributed by atoms with Crippen molar-refractivity contribution in [2.45, 2.75) is 0 Å². The summed E-state index contributed by atoms with van der Waals surface area (Å²) in [5, 5.41) is 12.1. The number of hydrogen-bond acceptors (Lipinski definition) is 5. The topological polar surface area (TPSA) is 68.0 Å². The van der Waals surface area contributed by atoms with Crippen LogP contribution in [-0.4, -0.2) is 16.2 Å². The Morgan fingerprint density at radius 1 is 1.14 bits per heavy atom. The van der Waals surface area contributed by atoms with Gasteiger partial charge in [-0.25, -0.2) is 4.63 Å². The Morgan fingerprint density at radius 3 is 2.76 bits per heavy atom. The zero-order valence-corrected chi connectivity index (χ0v) is 11.7. The van der Waals surface area contributed by atoms with Crippen LogP contribution < -0.4 is 5.32 Å². The molecule has 2 heterocycles. The minimum atomic E-state index is -0.285. The Balaban J connectivity index is 1.71. The summed E-state index contributed by atoms with van der Waals surface area (Å²) in [5.41, 5.74) is 1.48. The lowest BCUT2D eigenvalue weighted by atomic mass is 10.2. The van der Waals surface area contributed by atoms with E-state index in [1.807, 2.05) is 47.8 Å². The first-order valence-corrected chi connectivity index (χ1v) is 7.11. The molecule has 0 unspecified atom stereocenters. The SMILES string of the molecule is O=C(/C=C/c1ccccc1)Nc1nonc1-c1cccs1. The molecular formula is C15H11N3O2S. The first-order chi connectivity index (χ1) is 10.3. The summed E-state index contributed by atoms with van der Waals surface area (Å²) >= 11 is 1.50. The number of amides is 1. The van der Waals surface area contributed by atoms with E-state index in [0.717, 1.165) is 10.4 Å². The zero-order chi connectivity index (χ0) is 14.5. The lowest BCUT2D eigenvalue weighted by Gasteiger charge is -1.98. The summed E-state index contributed by atoms with van der Waals surface area (Å²) in [6.07, 6.45) is 3.18. The number of carbonyl (C=O) groups is 1. The van der Waals surface area contributed by atoms with Crippen molar-refractivity contribution in [1.29, 1.82) is 0 Å². The van der Waals surface area contributed by atoms with Crippen LogP contribution in [0.1, 0.15) is 5.56 Å². The Kier molecular flexibility index (Phi) is 3.88. The highest BCUT2D eigenvalue weighted by Gasteiger charge is 2.14. The van der Waals surface area contributed by atoms with Gasteiger partial charge in [-0.1, -0.05) is 36.4 Å². The monoisotopic (exact) mass is 297 g/mol. The molecule has 1 amide bonds. The molecule has 0 aliphatic heterocycles. The molecule has 2 aromatic heterocycles. The standard InChI is InChI=1S/C15H11N3O2S/c19-13(9-8-11-5-2-1-3-6-11)16-15-14(17-20-18-15)12-7-4-10-21-12/h1-10H,(H,16,18,19)/b9-8+. The van der Waals surface area contributed by atoms with Gasteiger partial charge in [0, 0.05) is 6.08 Å². The normalized spacial score (nSPS) is 10.9. The van der Waals surface area contributed by atoms with E-state index in [1.54, 1.807) is 6.08 Å². The van der Waals surface area contributed by atoms with Crippen LogP contribution in [0, 0.1) is 0 Å². The molecule has 21 heavy (non-hydrogen) atoms. The molecule has 0 aliphatic carbocycles. The van der Waals surface area contributed by atoms with Crippen LogP contribution in [0.5, 0.6) is 0 Å². The van der Waals surface area contributed by atoms with Gasteiger partial charge >= 0.3 is 0 Å². The van der Waals surface area contributed by atoms with E-state index < -0.39 is 0 Å². The van der Waals surface area contributed by atoms with Crippen molar-refractivity contribution >= 4 is 29.1 Å². The Labute approximate surface area is 124 Å². The van der Waals surface area contributed by atoms with Crippen molar-refractivity contribution in [3.63, 3.8) is 0 Å². The van der Waals surface area contributed by atoms with Gasteiger partial charge in [-0.05, 0) is 33.4 Å². The van der Waals surface area contributed by atoms with Gasteiger partial charge in [0.1, 0.15) is 0 Å². The quantitative estimate of drug-likeness (QED) is 0.749. The maximum atomic E-state index is 11.9. The fourth-order valence-electron chi connectivity index (χ4n) is 1.74. The van der Waals surface area contributed by atoms with Crippen LogP contribution in [0.25, 0.3) is 16.6 Å². The highest BCUT2D eigenvalue weighted by atomic mass is 32.1. The molecule has 0 atom stereocenters. The molecule has 3 rings (SSSR count). The zero-order valence-electron chi connectivity index (χ0n) is 10.9. The second kappa shape index (κ2) is 6.15. The van der Waals surface area contributed by atoms with E-state index in [0.29, 0.717) is 11.5 Å². The highest BCUT2D eigenvalue weighted by molar-refractivity contribution is 7.13. The van der Waals surface area contributed by atoms with Crippen LogP contribution in [0.15, 0.2) is 58.5 Å². The second-order valence-corrected chi connectivity index (χ2v) is 5.12. The average molecular weight is 297 g/mol. The van der Waals surface area contributed by atoms with Crippen LogP contribution in [0.4, 0.5) is 5.82 Å². The smallest absolute Gasteiger partial charge is 0.249 e. The number of nitrogens with zero attached hydrogens (tertiary/aromatic N) is 2. The van der Waals surface area contributed by atoms with Crippen LogP contribution >= 0.6 is 11.3 Å². The summed E-state index contributed by atoms with van der Waals surface area (Å²) in [6.45, 7) is 0. The van der Waals surface area contributed by atoms with E-state index in [-0.39, 0.29) is 5.91 Å². The number of nitrogens with one attached hydrogen (secondary N) is 1. The summed E-state index contributed by atoms with van der Waals surface area (Å²) in [6, 6.07) is 13.4. The van der Waals surface area contributed by atoms with E-state index in [2.05, 4.69) is 15.6 Å². The second-order valence-electron chi connectivity index (χ2n) is 4.17. The number of aromatic nitrogens is 2. The third kappa shape index (κ3) is 3.24. The number of anilines is 1. The van der Waals surface area contributed by atoms with E-state index in [4.69, 9.17) is 4.63 Å². The minimum Gasteiger partial charge on any atom is -0.302 e. The molecule has 104 valence electrons. The van der Waals surface area contributed by atoms with Gasteiger partial charge in [-0.3, -0.25) is 4.79 Å². The summed E-state index contributed by atoms with van der Waals surface area (Å²) in [4.78, 5) is 12.8. The maximum Gasteiger partial charge on any atom is 0.249 e. The van der Waals surface area contributed by atoms with Crippen LogP contribution in [0.3, 0.4) is 0 Å². The average Bonchev–Trinajstić information content (AvgIpc) is 3.17. The van der Waals surface area contributed by atoms with Gasteiger partial charge < -0.3 is 5.32 Å². The highest BCUT2D eigenvalue weighted by Crippen LogP contribution is 2.28. The first-order valence-electron chi connectivity index (χ1n) is 6.23. The van der Waals surface area contributed by atoms with Crippen molar-refractivity contribution in [2.24, 2.45) is 0 Å². The number of rotatable bonds is 4. The largest absolute Gasteiger partial charge is 0.302 e. The van der Waals surface area contributed by atoms with Gasteiger partial charge in [-0.2, -0.15) is 0 Å². The van der Waals surface area contributed by atoms with Gasteiger partial charge in [0.25, 0.3) is 0 Å². The maximum absolute atomic E-state index is 11.9. The predicted octanol–water partition coefficient (Wildman–Crippen LogP) is 3.45. The Hall–Kier alpha value is -2.73. The van der Waals surface area contributed by atoms with Gasteiger partial charge in [0.15, 0.2) is 5.69 Å². The van der Waals surface area contributed by atoms with Crippen molar-refractivity contribution in [2.75, 3.05) is 5.32 Å². The van der Waals surface area contributed by atoms with Crippen molar-refractivity contribution < 1.29 is 9.42 Å². The lowest BCUT2D eigenvalue weighted by molar-refractivity contribution is -0.111. The van der Waals surface area contributed by atoms with Crippen LogP contribution in [0.2, 0.25) is 0 Å². The molecule has 3 aromatic rings. The molecule has 0 aliphatic rings. The molecule has 0 bridgehead atoms. The molecule has 0 saturated carbocycles. The third-order valence-corrected chi connectivity index (χ3v) is 3.59. The van der Waals surface area contributed by atoms with Crippen molar-refractivity contribution in [3.05, 3.63) is 59.5 Å². The third-order valence-electron chi connectivity index (χ3n) is 2.71. The summed E-state index contributed by atoms with van der Waals surface area (Å²) in [5.74, 6) is 0.0347. The minimum absolute atomic E-state index is 0.285. The number of benzene rings is 1. The van der Waals surface area contributed by atoms with E-state index >= 15 is 0 Å². The number of hydrogen-bond donors (Lipinski definition) is 1. The van der Waals surface area contributed by atoms with Crippen LogP contribution in [-0.2, 0) is 4.79 Å². The van der Waals surface area contributed by atoms with E-state index in [1.165, 1.54) is 17.4 Å². The first kappa shape index (κ1) is 13.3. The molecule has 6 heteroatoms. The van der Waals surface area contributed by atoms with E-state index in [9.17, 15) is 4.79 Å². The fourth-order valence-corrected chi connectivity index (χ4v) is 2.45. The Morgan fingerprint density at radius 2 is 2.00 bits per heavy atom. The van der Waals surface area contributed by atoms with Crippen molar-refractivity contribution in [3.8, 4) is 10.6 Å². The molecule has 1 N–H and O–H groups in total. The van der Waals surface area contributed by atoms with Gasteiger partial charge in [-0.15, -0.1) is 11.3 Å². The molecule has 5 nitrogen and oxygen atoms in total. The van der Waals surface area contributed by atoms with Gasteiger partial charge in [0.05, 0.1) is 4.88 Å². The predicted molar refractivity (Wildman–Crippen MR) is 81.7 cm³/mol. The molecule has 0 fully saturated rings. The van der Waals surface area contributed by atoms with Gasteiger partial charge in [0.2, 0.25) is 11.7 Å². The fraction of sp³-hybridized carbons (Fsp3) is 0.